The van der Waals surface area contributed by atoms with E-state index in [0.717, 1.165) is 10.2 Å². The number of methoxy groups -OCH3 is 1. The average molecular weight is 462 g/mol. The topological polar surface area (TPSA) is 89.0 Å². The van der Waals surface area contributed by atoms with Crippen molar-refractivity contribution in [2.45, 2.75) is 11.8 Å². The molecule has 8 nitrogen and oxygen atoms in total. The molecule has 164 valence electrons. The number of rotatable bonds is 6. The summed E-state index contributed by atoms with van der Waals surface area (Å²) in [6.45, 7) is 3.45. The Hall–Kier alpha value is -2.53. The highest BCUT2D eigenvalue weighted by Gasteiger charge is 2.31. The third-order valence-electron chi connectivity index (χ3n) is 5.07. The fourth-order valence-corrected chi connectivity index (χ4v) is 6.05. The van der Waals surface area contributed by atoms with Gasteiger partial charge in [-0.25, -0.2) is 13.4 Å². The summed E-state index contributed by atoms with van der Waals surface area (Å²) in [6, 6.07) is 12.2. The largest absolute Gasteiger partial charge is 0.495 e. The number of hydrogen-bond donors (Lipinski definition) is 0. The van der Waals surface area contributed by atoms with Crippen LogP contribution in [0.25, 0.3) is 10.2 Å². The molecule has 0 atom stereocenters. The second-order valence-electron chi connectivity index (χ2n) is 6.90. The predicted molar refractivity (Wildman–Crippen MR) is 120 cm³/mol. The molecule has 0 N–H and O–H groups in total. The van der Waals surface area contributed by atoms with E-state index in [0.29, 0.717) is 24.9 Å². The van der Waals surface area contributed by atoms with Gasteiger partial charge in [-0.1, -0.05) is 23.5 Å². The van der Waals surface area contributed by atoms with Crippen molar-refractivity contribution in [3.05, 3.63) is 48.0 Å². The number of fused-ring (bicyclic) bond motifs is 1. The molecule has 31 heavy (non-hydrogen) atoms. The first-order chi connectivity index (χ1) is 15.0. The van der Waals surface area contributed by atoms with Gasteiger partial charge in [0.15, 0.2) is 5.13 Å². The van der Waals surface area contributed by atoms with E-state index in [-0.39, 0.29) is 35.2 Å². The van der Waals surface area contributed by atoms with Crippen molar-refractivity contribution in [1.82, 2.24) is 9.29 Å². The summed E-state index contributed by atoms with van der Waals surface area (Å²) in [7, 11) is -2.42. The van der Waals surface area contributed by atoms with Crippen LogP contribution in [0.4, 0.5) is 5.13 Å². The minimum atomic E-state index is -3.83. The van der Waals surface area contributed by atoms with Crippen molar-refractivity contribution in [3.8, 4) is 5.75 Å². The lowest BCUT2D eigenvalue weighted by molar-refractivity contribution is 0.0729. The second-order valence-corrected chi connectivity index (χ2v) is 9.81. The highest BCUT2D eigenvalue weighted by molar-refractivity contribution is 7.89. The van der Waals surface area contributed by atoms with E-state index in [1.807, 2.05) is 31.2 Å². The van der Waals surface area contributed by atoms with Gasteiger partial charge >= 0.3 is 0 Å². The second kappa shape index (κ2) is 8.91. The Balaban J connectivity index is 1.71. The van der Waals surface area contributed by atoms with Crippen LogP contribution in [-0.2, 0) is 14.8 Å². The smallest absolute Gasteiger partial charge is 0.260 e. The van der Waals surface area contributed by atoms with Gasteiger partial charge in [-0.15, -0.1) is 0 Å². The number of morpholine rings is 1. The van der Waals surface area contributed by atoms with Crippen LogP contribution < -0.4 is 9.64 Å². The van der Waals surface area contributed by atoms with E-state index in [2.05, 4.69) is 4.98 Å². The van der Waals surface area contributed by atoms with Crippen molar-refractivity contribution in [1.29, 1.82) is 0 Å². The van der Waals surface area contributed by atoms with Crippen molar-refractivity contribution in [2.24, 2.45) is 0 Å². The molecule has 2 heterocycles. The zero-order chi connectivity index (χ0) is 22.0. The van der Waals surface area contributed by atoms with Crippen LogP contribution in [0.5, 0.6) is 5.75 Å². The van der Waals surface area contributed by atoms with Crippen LogP contribution in [0.1, 0.15) is 17.3 Å². The maximum Gasteiger partial charge on any atom is 0.260 e. The van der Waals surface area contributed by atoms with Gasteiger partial charge in [-0.05, 0) is 37.3 Å². The molecule has 0 spiro atoms. The molecule has 1 aliphatic rings. The quantitative estimate of drug-likeness (QED) is 0.561. The lowest BCUT2D eigenvalue weighted by Gasteiger charge is -2.27. The minimum Gasteiger partial charge on any atom is -0.495 e. The van der Waals surface area contributed by atoms with E-state index in [1.54, 1.807) is 11.0 Å². The normalized spacial score (nSPS) is 15.2. The van der Waals surface area contributed by atoms with Gasteiger partial charge in [0.05, 0.1) is 30.5 Å². The Bertz CT molecular complexity index is 1170. The number of benzene rings is 2. The lowest BCUT2D eigenvalue weighted by atomic mass is 10.2. The summed E-state index contributed by atoms with van der Waals surface area (Å²) in [5.74, 6) is -0.117. The molecule has 1 aliphatic heterocycles. The Morgan fingerprint density at radius 1 is 1.23 bits per heavy atom. The first kappa shape index (κ1) is 21.7. The molecule has 0 saturated carbocycles. The van der Waals surface area contributed by atoms with Gasteiger partial charge in [0.25, 0.3) is 5.91 Å². The molecule has 1 saturated heterocycles. The molecule has 0 unspecified atom stereocenters. The van der Waals surface area contributed by atoms with Crippen LogP contribution in [0, 0.1) is 0 Å². The van der Waals surface area contributed by atoms with Gasteiger partial charge in [0.2, 0.25) is 10.0 Å². The molecular formula is C21H23N3O5S2. The van der Waals surface area contributed by atoms with Gasteiger partial charge in [-0.3, -0.25) is 9.69 Å². The first-order valence-corrected chi connectivity index (χ1v) is 12.1. The molecule has 1 amide bonds. The number of sulfonamides is 1. The number of carbonyl (C=O) groups excluding carboxylic acids is 1. The Morgan fingerprint density at radius 3 is 2.65 bits per heavy atom. The fourth-order valence-electron chi connectivity index (χ4n) is 3.43. The van der Waals surface area contributed by atoms with Gasteiger partial charge < -0.3 is 9.47 Å². The molecule has 1 fully saturated rings. The molecule has 2 aromatic carbocycles. The maximum atomic E-state index is 13.3. The predicted octanol–water partition coefficient (Wildman–Crippen LogP) is 2.99. The zero-order valence-corrected chi connectivity index (χ0v) is 18.9. The monoisotopic (exact) mass is 461 g/mol. The third kappa shape index (κ3) is 4.16. The van der Waals surface area contributed by atoms with Gasteiger partial charge in [-0.2, -0.15) is 4.31 Å². The third-order valence-corrected chi connectivity index (χ3v) is 8.05. The van der Waals surface area contributed by atoms with Crippen molar-refractivity contribution >= 4 is 42.6 Å². The lowest BCUT2D eigenvalue weighted by Crippen LogP contribution is -2.40. The molecule has 4 rings (SSSR count). The van der Waals surface area contributed by atoms with Gasteiger partial charge in [0, 0.05) is 25.2 Å². The van der Waals surface area contributed by atoms with Crippen molar-refractivity contribution in [3.63, 3.8) is 0 Å². The maximum absolute atomic E-state index is 13.3. The highest BCUT2D eigenvalue weighted by atomic mass is 32.2. The summed E-state index contributed by atoms with van der Waals surface area (Å²) < 4.78 is 39.3. The average Bonchev–Trinajstić information content (AvgIpc) is 3.23. The number of hydrogen-bond acceptors (Lipinski definition) is 7. The molecule has 0 bridgehead atoms. The number of nitrogens with zero attached hydrogens (tertiary/aromatic N) is 3. The molecular weight excluding hydrogens is 438 g/mol. The highest BCUT2D eigenvalue weighted by Crippen LogP contribution is 2.32. The molecule has 10 heteroatoms. The number of aromatic nitrogens is 1. The standard InChI is InChI=1S/C21H23N3O5S2/c1-3-24(21-22-16-6-4-5-7-18(16)30-21)20(25)15-8-9-17(28-2)19(14-15)31(26,27)23-10-12-29-13-11-23/h4-9,14H,3,10-13H2,1-2H3. The number of ether oxygens (including phenoxy) is 2. The number of carbonyl (C=O) groups is 1. The van der Waals surface area contributed by atoms with Gasteiger partial charge in [0.1, 0.15) is 10.6 Å². The van der Waals surface area contributed by atoms with E-state index in [1.165, 1.54) is 34.9 Å². The van der Waals surface area contributed by atoms with Crippen molar-refractivity contribution in [2.75, 3.05) is 44.9 Å². The fraction of sp³-hybridized carbons (Fsp3) is 0.333. The summed E-state index contributed by atoms with van der Waals surface area (Å²) in [6.07, 6.45) is 0. The Kier molecular flexibility index (Phi) is 6.24. The summed E-state index contributed by atoms with van der Waals surface area (Å²) in [5, 5.41) is 0.571. The minimum absolute atomic E-state index is 0.0249. The zero-order valence-electron chi connectivity index (χ0n) is 17.3. The van der Waals surface area contributed by atoms with E-state index >= 15 is 0 Å². The van der Waals surface area contributed by atoms with Crippen LogP contribution in [0.2, 0.25) is 0 Å². The van der Waals surface area contributed by atoms with Crippen LogP contribution in [-0.4, -0.2) is 63.6 Å². The van der Waals surface area contributed by atoms with Crippen LogP contribution in [0.3, 0.4) is 0 Å². The molecule has 1 aromatic heterocycles. The number of para-hydroxylation sites is 1. The number of amides is 1. The van der Waals surface area contributed by atoms with Crippen LogP contribution >= 0.6 is 11.3 Å². The van der Waals surface area contributed by atoms with E-state index in [4.69, 9.17) is 9.47 Å². The molecule has 3 aromatic rings. The first-order valence-electron chi connectivity index (χ1n) is 9.89. The van der Waals surface area contributed by atoms with Crippen LogP contribution in [0.15, 0.2) is 47.4 Å². The summed E-state index contributed by atoms with van der Waals surface area (Å²) in [4.78, 5) is 19.4. The summed E-state index contributed by atoms with van der Waals surface area (Å²) in [5.41, 5.74) is 1.08. The summed E-state index contributed by atoms with van der Waals surface area (Å²) >= 11 is 1.42. The molecule has 0 aliphatic carbocycles. The SMILES string of the molecule is CCN(C(=O)c1ccc(OC)c(S(=O)(=O)N2CCOCC2)c1)c1nc2ccccc2s1. The molecule has 0 radical (unpaired) electrons. The number of anilines is 1. The van der Waals surface area contributed by atoms with E-state index in [9.17, 15) is 13.2 Å². The van der Waals surface area contributed by atoms with Crippen molar-refractivity contribution < 1.29 is 22.7 Å². The number of thiazole rings is 1. The van der Waals surface area contributed by atoms with E-state index < -0.39 is 10.0 Å². The Labute approximate surface area is 185 Å². The Morgan fingerprint density at radius 2 is 1.97 bits per heavy atom.